The SMILES string of the molecule is CN=C(NCc1cccc(NC(=O)C2CCC2)c1)NCc1cc(F)ccc1F.I. The number of amides is 1. The predicted octanol–water partition coefficient (Wildman–Crippen LogP) is 4.19. The standard InChI is InChI=1S/C21H24F2N4O.HI/c1-24-21(26-13-16-11-17(22)8-9-19(16)23)25-12-14-4-2-7-18(10-14)27-20(28)15-5-3-6-15;/h2,4,7-11,15H,3,5-6,12-13H2,1H3,(H,27,28)(H2,24,25,26);1H. The molecule has 2 aromatic carbocycles. The first-order chi connectivity index (χ1) is 13.5. The minimum Gasteiger partial charge on any atom is -0.352 e. The zero-order valence-electron chi connectivity index (χ0n) is 16.2. The van der Waals surface area contributed by atoms with Gasteiger partial charge in [-0.2, -0.15) is 0 Å². The Morgan fingerprint density at radius 3 is 2.55 bits per heavy atom. The molecule has 1 saturated carbocycles. The van der Waals surface area contributed by atoms with E-state index in [2.05, 4.69) is 20.9 Å². The maximum absolute atomic E-state index is 13.7. The molecule has 0 atom stereocenters. The third-order valence-electron chi connectivity index (χ3n) is 4.81. The average Bonchev–Trinajstić information content (AvgIpc) is 2.63. The summed E-state index contributed by atoms with van der Waals surface area (Å²) < 4.78 is 27.0. The lowest BCUT2D eigenvalue weighted by Crippen LogP contribution is -2.36. The van der Waals surface area contributed by atoms with Crippen LogP contribution in [0.2, 0.25) is 0 Å². The fourth-order valence-electron chi connectivity index (χ4n) is 2.94. The van der Waals surface area contributed by atoms with Crippen LogP contribution in [0.15, 0.2) is 47.5 Å². The van der Waals surface area contributed by atoms with E-state index in [1.54, 1.807) is 7.05 Å². The van der Waals surface area contributed by atoms with Crippen molar-refractivity contribution in [3.8, 4) is 0 Å². The molecule has 29 heavy (non-hydrogen) atoms. The summed E-state index contributed by atoms with van der Waals surface area (Å²) in [6.07, 6.45) is 3.04. The van der Waals surface area contributed by atoms with E-state index in [0.29, 0.717) is 12.5 Å². The Balaban J connectivity index is 0.00000300. The third kappa shape index (κ3) is 6.66. The summed E-state index contributed by atoms with van der Waals surface area (Å²) in [7, 11) is 1.60. The molecule has 2 aromatic rings. The van der Waals surface area contributed by atoms with Gasteiger partial charge >= 0.3 is 0 Å². The number of carbonyl (C=O) groups excluding carboxylic acids is 1. The van der Waals surface area contributed by atoms with E-state index in [1.165, 1.54) is 0 Å². The monoisotopic (exact) mass is 514 g/mol. The maximum atomic E-state index is 13.7. The number of nitrogens with zero attached hydrogens (tertiary/aromatic N) is 1. The van der Waals surface area contributed by atoms with Crippen molar-refractivity contribution < 1.29 is 13.6 Å². The molecule has 156 valence electrons. The van der Waals surface area contributed by atoms with Crippen LogP contribution in [0.25, 0.3) is 0 Å². The molecular weight excluding hydrogens is 489 g/mol. The Morgan fingerprint density at radius 2 is 1.86 bits per heavy atom. The number of anilines is 1. The first-order valence-corrected chi connectivity index (χ1v) is 9.33. The molecule has 0 bridgehead atoms. The van der Waals surface area contributed by atoms with Gasteiger partial charge in [0.05, 0.1) is 0 Å². The van der Waals surface area contributed by atoms with Gasteiger partial charge in [0.25, 0.3) is 0 Å². The number of nitrogens with one attached hydrogen (secondary N) is 3. The van der Waals surface area contributed by atoms with Gasteiger partial charge in [-0.1, -0.05) is 18.6 Å². The van der Waals surface area contributed by atoms with Crippen LogP contribution >= 0.6 is 24.0 Å². The molecule has 1 aliphatic carbocycles. The zero-order chi connectivity index (χ0) is 19.9. The molecule has 0 aromatic heterocycles. The number of rotatable bonds is 6. The van der Waals surface area contributed by atoms with Gasteiger partial charge in [-0.25, -0.2) is 8.78 Å². The van der Waals surface area contributed by atoms with E-state index in [4.69, 9.17) is 0 Å². The largest absolute Gasteiger partial charge is 0.352 e. The smallest absolute Gasteiger partial charge is 0.227 e. The van der Waals surface area contributed by atoms with E-state index in [0.717, 1.165) is 48.7 Å². The van der Waals surface area contributed by atoms with E-state index in [-0.39, 0.29) is 47.9 Å². The molecule has 0 aliphatic heterocycles. The van der Waals surface area contributed by atoms with Gasteiger partial charge in [0.1, 0.15) is 11.6 Å². The quantitative estimate of drug-likeness (QED) is 0.308. The van der Waals surface area contributed by atoms with Crippen molar-refractivity contribution in [2.24, 2.45) is 10.9 Å². The van der Waals surface area contributed by atoms with Crippen molar-refractivity contribution in [1.29, 1.82) is 0 Å². The lowest BCUT2D eigenvalue weighted by atomic mass is 9.85. The van der Waals surface area contributed by atoms with Crippen molar-refractivity contribution in [2.75, 3.05) is 12.4 Å². The fraction of sp³-hybridized carbons (Fsp3) is 0.333. The van der Waals surface area contributed by atoms with Crippen molar-refractivity contribution in [1.82, 2.24) is 10.6 Å². The fourth-order valence-corrected chi connectivity index (χ4v) is 2.94. The molecule has 3 rings (SSSR count). The summed E-state index contributed by atoms with van der Waals surface area (Å²) in [4.78, 5) is 16.2. The van der Waals surface area contributed by atoms with E-state index >= 15 is 0 Å². The summed E-state index contributed by atoms with van der Waals surface area (Å²) in [6.45, 7) is 0.583. The number of guanidine groups is 1. The summed E-state index contributed by atoms with van der Waals surface area (Å²) in [5, 5.41) is 9.04. The lowest BCUT2D eigenvalue weighted by molar-refractivity contribution is -0.122. The first-order valence-electron chi connectivity index (χ1n) is 9.33. The molecule has 1 fully saturated rings. The number of hydrogen-bond donors (Lipinski definition) is 3. The second-order valence-electron chi connectivity index (χ2n) is 6.83. The number of halogens is 3. The third-order valence-corrected chi connectivity index (χ3v) is 4.81. The van der Waals surface area contributed by atoms with Crippen LogP contribution in [0, 0.1) is 17.6 Å². The Labute approximate surface area is 186 Å². The van der Waals surface area contributed by atoms with Crippen molar-refractivity contribution in [2.45, 2.75) is 32.4 Å². The van der Waals surface area contributed by atoms with E-state index < -0.39 is 11.6 Å². The van der Waals surface area contributed by atoms with Gasteiger partial charge in [0.2, 0.25) is 5.91 Å². The van der Waals surface area contributed by atoms with Crippen LogP contribution in [0.5, 0.6) is 0 Å². The van der Waals surface area contributed by atoms with Crippen LogP contribution in [0.4, 0.5) is 14.5 Å². The van der Waals surface area contributed by atoms with Crippen molar-refractivity contribution in [3.05, 3.63) is 65.2 Å². The highest BCUT2D eigenvalue weighted by atomic mass is 127. The summed E-state index contributed by atoms with van der Waals surface area (Å²) >= 11 is 0. The number of aliphatic imine (C=N–C) groups is 1. The summed E-state index contributed by atoms with van der Waals surface area (Å²) in [5.74, 6) is -0.285. The molecule has 0 spiro atoms. The molecule has 0 heterocycles. The van der Waals surface area contributed by atoms with Crippen LogP contribution in [-0.4, -0.2) is 18.9 Å². The Morgan fingerprint density at radius 1 is 1.10 bits per heavy atom. The van der Waals surface area contributed by atoms with Gasteiger partial charge in [-0.05, 0) is 48.7 Å². The number of carbonyl (C=O) groups is 1. The van der Waals surface area contributed by atoms with Crippen molar-refractivity contribution >= 4 is 41.5 Å². The highest BCUT2D eigenvalue weighted by Gasteiger charge is 2.25. The van der Waals surface area contributed by atoms with Crippen LogP contribution in [0.3, 0.4) is 0 Å². The molecule has 3 N–H and O–H groups in total. The Kier molecular flexibility index (Phi) is 8.81. The Hall–Kier alpha value is -2.23. The van der Waals surface area contributed by atoms with Crippen molar-refractivity contribution in [3.63, 3.8) is 0 Å². The lowest BCUT2D eigenvalue weighted by Gasteiger charge is -2.24. The predicted molar refractivity (Wildman–Crippen MR) is 121 cm³/mol. The van der Waals surface area contributed by atoms with Gasteiger partial charge < -0.3 is 16.0 Å². The highest BCUT2D eigenvalue weighted by molar-refractivity contribution is 14.0. The summed E-state index contributed by atoms with van der Waals surface area (Å²) in [6, 6.07) is 10.9. The number of hydrogen-bond acceptors (Lipinski definition) is 2. The highest BCUT2D eigenvalue weighted by Crippen LogP contribution is 2.27. The van der Waals surface area contributed by atoms with E-state index in [9.17, 15) is 13.6 Å². The topological polar surface area (TPSA) is 65.5 Å². The van der Waals surface area contributed by atoms with Crippen LogP contribution < -0.4 is 16.0 Å². The zero-order valence-corrected chi connectivity index (χ0v) is 18.5. The van der Waals surface area contributed by atoms with Gasteiger partial charge in [0, 0.05) is 37.3 Å². The minimum absolute atomic E-state index is 0. The first kappa shape index (κ1) is 23.1. The Bertz CT molecular complexity index is 872. The molecule has 0 saturated heterocycles. The van der Waals surface area contributed by atoms with Gasteiger partial charge in [-0.3, -0.25) is 9.79 Å². The summed E-state index contributed by atoms with van der Waals surface area (Å²) in [5.41, 5.74) is 1.95. The minimum atomic E-state index is -0.484. The molecule has 0 radical (unpaired) electrons. The van der Waals surface area contributed by atoms with Gasteiger partial charge in [-0.15, -0.1) is 24.0 Å². The van der Waals surface area contributed by atoms with E-state index in [1.807, 2.05) is 24.3 Å². The molecule has 1 aliphatic rings. The van der Waals surface area contributed by atoms with Crippen LogP contribution in [0.1, 0.15) is 30.4 Å². The second-order valence-corrected chi connectivity index (χ2v) is 6.83. The molecule has 8 heteroatoms. The average molecular weight is 514 g/mol. The normalized spacial score (nSPS) is 13.8. The molecular formula is C21H25F2IN4O. The second kappa shape index (κ2) is 11.1. The maximum Gasteiger partial charge on any atom is 0.227 e. The molecule has 5 nitrogen and oxygen atoms in total. The molecule has 1 amide bonds. The molecule has 0 unspecified atom stereocenters. The number of benzene rings is 2. The van der Waals surface area contributed by atoms with Crippen LogP contribution in [-0.2, 0) is 17.9 Å². The van der Waals surface area contributed by atoms with Gasteiger partial charge in [0.15, 0.2) is 5.96 Å².